The average molecular weight is 290 g/mol. The summed E-state index contributed by atoms with van der Waals surface area (Å²) in [7, 11) is 0. The molecular formula is C14H14N2O5. The highest BCUT2D eigenvalue weighted by Gasteiger charge is 2.43. The number of hydrogen-bond donors (Lipinski definition) is 2. The Balaban J connectivity index is 2.38. The van der Waals surface area contributed by atoms with Crippen LogP contribution in [0.4, 0.5) is 0 Å². The smallest absolute Gasteiger partial charge is 0.335 e. The van der Waals surface area contributed by atoms with Gasteiger partial charge in [-0.15, -0.1) is 0 Å². The molecule has 7 nitrogen and oxygen atoms in total. The van der Waals surface area contributed by atoms with E-state index in [0.29, 0.717) is 0 Å². The van der Waals surface area contributed by atoms with E-state index in [1.54, 1.807) is 0 Å². The number of carboxylic acid groups (broad SMARTS) is 1. The van der Waals surface area contributed by atoms with Crippen LogP contribution in [0.25, 0.3) is 0 Å². The van der Waals surface area contributed by atoms with Crippen molar-refractivity contribution in [3.8, 4) is 0 Å². The van der Waals surface area contributed by atoms with E-state index in [1.165, 1.54) is 38.1 Å². The summed E-state index contributed by atoms with van der Waals surface area (Å²) < 4.78 is 0. The summed E-state index contributed by atoms with van der Waals surface area (Å²) in [6.07, 6.45) is 0. The van der Waals surface area contributed by atoms with Gasteiger partial charge in [-0.25, -0.2) is 4.79 Å². The highest BCUT2D eigenvalue weighted by molar-refractivity contribution is 6.09. The summed E-state index contributed by atoms with van der Waals surface area (Å²) >= 11 is 0. The molecule has 0 bridgehead atoms. The zero-order valence-electron chi connectivity index (χ0n) is 11.5. The fourth-order valence-corrected chi connectivity index (χ4v) is 2.05. The van der Waals surface area contributed by atoms with Crippen molar-refractivity contribution >= 4 is 23.7 Å². The van der Waals surface area contributed by atoms with Gasteiger partial charge in [0.05, 0.1) is 5.56 Å². The summed E-state index contributed by atoms with van der Waals surface area (Å²) in [5, 5.41) is 11.1. The van der Waals surface area contributed by atoms with Crippen LogP contribution in [0.15, 0.2) is 24.3 Å². The molecule has 1 fully saturated rings. The van der Waals surface area contributed by atoms with Gasteiger partial charge in [-0.1, -0.05) is 6.07 Å². The zero-order chi connectivity index (χ0) is 15.8. The number of aromatic carboxylic acids is 1. The van der Waals surface area contributed by atoms with Crippen LogP contribution in [0, 0.1) is 0 Å². The quantitative estimate of drug-likeness (QED) is 0.760. The Kier molecular flexibility index (Phi) is 3.51. The van der Waals surface area contributed by atoms with Crippen molar-refractivity contribution in [2.45, 2.75) is 19.4 Å². The van der Waals surface area contributed by atoms with E-state index in [9.17, 15) is 19.2 Å². The molecule has 1 aromatic rings. The molecule has 2 N–H and O–H groups in total. The minimum atomic E-state index is -1.19. The highest BCUT2D eigenvalue weighted by atomic mass is 16.4. The molecular weight excluding hydrogens is 276 g/mol. The molecule has 110 valence electrons. The number of hydrogen-bond acceptors (Lipinski definition) is 4. The van der Waals surface area contributed by atoms with Crippen molar-refractivity contribution in [3.63, 3.8) is 0 Å². The highest BCUT2D eigenvalue weighted by Crippen LogP contribution is 2.21. The van der Waals surface area contributed by atoms with Gasteiger partial charge >= 0.3 is 5.97 Å². The van der Waals surface area contributed by atoms with Gasteiger partial charge in [0.15, 0.2) is 0 Å². The molecule has 1 aromatic carbocycles. The maximum Gasteiger partial charge on any atom is 0.335 e. The molecule has 7 heteroatoms. The van der Waals surface area contributed by atoms with Crippen LogP contribution in [0.3, 0.4) is 0 Å². The lowest BCUT2D eigenvalue weighted by Gasteiger charge is -2.40. The Hall–Kier alpha value is -2.70. The Morgan fingerprint density at radius 1 is 1.24 bits per heavy atom. The van der Waals surface area contributed by atoms with Gasteiger partial charge in [-0.2, -0.15) is 0 Å². The van der Waals surface area contributed by atoms with Crippen LogP contribution in [0.2, 0.25) is 0 Å². The number of carboxylic acids is 1. The Bertz CT molecular complexity index is 651. The molecule has 0 aromatic heterocycles. The molecule has 21 heavy (non-hydrogen) atoms. The summed E-state index contributed by atoms with van der Waals surface area (Å²) in [6.45, 7) is 2.79. The standard InChI is InChI=1S/C14H14N2O5/c1-14(2)13(21)15-10(17)7-16(14)11(18)8-4-3-5-9(6-8)12(19)20/h3-6H,7H2,1-2H3,(H,19,20)(H,15,17,21). The molecule has 0 saturated carbocycles. The van der Waals surface area contributed by atoms with Crippen molar-refractivity contribution in [1.82, 2.24) is 10.2 Å². The fourth-order valence-electron chi connectivity index (χ4n) is 2.05. The fraction of sp³-hybridized carbons (Fsp3) is 0.286. The van der Waals surface area contributed by atoms with Crippen molar-refractivity contribution in [2.75, 3.05) is 6.54 Å². The molecule has 3 amide bonds. The van der Waals surface area contributed by atoms with Gasteiger partial charge in [0.25, 0.3) is 11.8 Å². The minimum absolute atomic E-state index is 0.0357. The third-order valence-corrected chi connectivity index (χ3v) is 3.39. The summed E-state index contributed by atoms with van der Waals surface area (Å²) in [5.74, 6) is -2.86. The van der Waals surface area contributed by atoms with E-state index in [4.69, 9.17) is 5.11 Å². The summed E-state index contributed by atoms with van der Waals surface area (Å²) in [5.41, 5.74) is -1.11. The van der Waals surface area contributed by atoms with Crippen LogP contribution in [0.5, 0.6) is 0 Å². The topological polar surface area (TPSA) is 104 Å². The lowest BCUT2D eigenvalue weighted by molar-refractivity contribution is -0.143. The second-order valence-corrected chi connectivity index (χ2v) is 5.21. The number of piperazine rings is 1. The number of nitrogens with zero attached hydrogens (tertiary/aromatic N) is 1. The summed E-state index contributed by atoms with van der Waals surface area (Å²) in [4.78, 5) is 47.8. The number of rotatable bonds is 2. The summed E-state index contributed by atoms with van der Waals surface area (Å²) in [6, 6.07) is 5.47. The number of carbonyl (C=O) groups excluding carboxylic acids is 3. The molecule has 1 heterocycles. The Labute approximate surface area is 120 Å². The number of carbonyl (C=O) groups is 4. The predicted molar refractivity (Wildman–Crippen MR) is 71.7 cm³/mol. The van der Waals surface area contributed by atoms with Gasteiger partial charge in [-0.05, 0) is 32.0 Å². The molecule has 0 atom stereocenters. The molecule has 0 unspecified atom stereocenters. The monoisotopic (exact) mass is 290 g/mol. The van der Waals surface area contributed by atoms with E-state index in [2.05, 4.69) is 5.32 Å². The van der Waals surface area contributed by atoms with E-state index in [1.807, 2.05) is 0 Å². The van der Waals surface area contributed by atoms with Gasteiger partial charge in [0, 0.05) is 5.56 Å². The molecule has 1 aliphatic rings. The first-order chi connectivity index (χ1) is 9.73. The zero-order valence-corrected chi connectivity index (χ0v) is 11.5. The van der Waals surface area contributed by atoms with Crippen molar-refractivity contribution in [2.24, 2.45) is 0 Å². The number of benzene rings is 1. The first-order valence-corrected chi connectivity index (χ1v) is 6.23. The van der Waals surface area contributed by atoms with Crippen LogP contribution in [-0.2, 0) is 9.59 Å². The number of imide groups is 1. The van der Waals surface area contributed by atoms with Gasteiger partial charge in [0.1, 0.15) is 12.1 Å². The second-order valence-electron chi connectivity index (χ2n) is 5.21. The van der Waals surface area contributed by atoms with Gasteiger partial charge in [0.2, 0.25) is 5.91 Å². The van der Waals surface area contributed by atoms with Crippen LogP contribution < -0.4 is 5.32 Å². The third kappa shape index (κ3) is 2.62. The SMILES string of the molecule is CC1(C)C(=O)NC(=O)CN1C(=O)c1cccc(C(=O)O)c1. The van der Waals surface area contributed by atoms with E-state index < -0.39 is 29.2 Å². The van der Waals surface area contributed by atoms with E-state index in [-0.39, 0.29) is 17.7 Å². The Morgan fingerprint density at radius 2 is 1.86 bits per heavy atom. The van der Waals surface area contributed by atoms with E-state index in [0.717, 1.165) is 4.90 Å². The van der Waals surface area contributed by atoms with Gasteiger partial charge < -0.3 is 10.0 Å². The maximum atomic E-state index is 12.5. The molecule has 1 saturated heterocycles. The van der Waals surface area contributed by atoms with Gasteiger partial charge in [-0.3, -0.25) is 19.7 Å². The second kappa shape index (κ2) is 5.01. The van der Waals surface area contributed by atoms with Crippen LogP contribution in [-0.4, -0.2) is 45.8 Å². The van der Waals surface area contributed by atoms with Crippen molar-refractivity contribution in [1.29, 1.82) is 0 Å². The minimum Gasteiger partial charge on any atom is -0.478 e. The first-order valence-electron chi connectivity index (χ1n) is 6.23. The Morgan fingerprint density at radius 3 is 2.48 bits per heavy atom. The normalized spacial score (nSPS) is 17.3. The van der Waals surface area contributed by atoms with Crippen molar-refractivity contribution < 1.29 is 24.3 Å². The van der Waals surface area contributed by atoms with E-state index >= 15 is 0 Å². The number of amides is 3. The molecule has 0 radical (unpaired) electrons. The maximum absolute atomic E-state index is 12.5. The molecule has 2 rings (SSSR count). The first kappa shape index (κ1) is 14.7. The average Bonchev–Trinajstić information content (AvgIpc) is 2.42. The van der Waals surface area contributed by atoms with Crippen LogP contribution >= 0.6 is 0 Å². The molecule has 1 aliphatic heterocycles. The largest absolute Gasteiger partial charge is 0.478 e. The predicted octanol–water partition coefficient (Wildman–Crippen LogP) is 0.262. The molecule has 0 aliphatic carbocycles. The van der Waals surface area contributed by atoms with Crippen LogP contribution in [0.1, 0.15) is 34.6 Å². The van der Waals surface area contributed by atoms with Crippen molar-refractivity contribution in [3.05, 3.63) is 35.4 Å². The third-order valence-electron chi connectivity index (χ3n) is 3.39. The number of nitrogens with one attached hydrogen (secondary N) is 1. The lowest BCUT2D eigenvalue weighted by Crippen LogP contribution is -2.65. The molecule has 0 spiro atoms. The lowest BCUT2D eigenvalue weighted by atomic mass is 9.97.